The van der Waals surface area contributed by atoms with Gasteiger partial charge in [0.15, 0.2) is 6.29 Å². The molecule has 4 heteroatoms. The molecule has 1 N–H and O–H groups in total. The highest BCUT2D eigenvalue weighted by atomic mass is 16.7. The molecule has 17 heavy (non-hydrogen) atoms. The Hall–Kier alpha value is -0.940. The SMILES string of the molecule is c1ccc(CO[C@@H]2[C@@H]3OC[C@@H](O3)[C@@H]3N[C@@H]32)cc1. The van der Waals surface area contributed by atoms with E-state index in [4.69, 9.17) is 14.2 Å². The third-order valence-electron chi connectivity index (χ3n) is 3.70. The van der Waals surface area contributed by atoms with E-state index in [-0.39, 0.29) is 18.5 Å². The van der Waals surface area contributed by atoms with Crippen LogP contribution in [0.3, 0.4) is 0 Å². The van der Waals surface area contributed by atoms with Gasteiger partial charge in [-0.05, 0) is 5.56 Å². The minimum Gasteiger partial charge on any atom is -0.367 e. The summed E-state index contributed by atoms with van der Waals surface area (Å²) >= 11 is 0. The van der Waals surface area contributed by atoms with Crippen molar-refractivity contribution in [1.82, 2.24) is 5.32 Å². The number of ether oxygens (including phenoxy) is 3. The molecule has 0 amide bonds. The highest BCUT2D eigenvalue weighted by Gasteiger charge is 2.59. The maximum Gasteiger partial charge on any atom is 0.185 e. The molecule has 2 bridgehead atoms. The number of rotatable bonds is 3. The molecule has 1 aromatic carbocycles. The Kier molecular flexibility index (Phi) is 2.23. The first kappa shape index (κ1) is 10.0. The lowest BCUT2D eigenvalue weighted by Crippen LogP contribution is -2.41. The zero-order valence-electron chi connectivity index (χ0n) is 9.41. The Morgan fingerprint density at radius 2 is 2.12 bits per heavy atom. The molecule has 3 aliphatic heterocycles. The first-order valence-electron chi connectivity index (χ1n) is 6.10. The van der Waals surface area contributed by atoms with Gasteiger partial charge in [0.25, 0.3) is 0 Å². The summed E-state index contributed by atoms with van der Waals surface area (Å²) in [6.45, 7) is 1.31. The van der Waals surface area contributed by atoms with Gasteiger partial charge in [0.1, 0.15) is 12.2 Å². The summed E-state index contributed by atoms with van der Waals surface area (Å²) in [5.41, 5.74) is 1.19. The molecule has 4 nitrogen and oxygen atoms in total. The summed E-state index contributed by atoms with van der Waals surface area (Å²) in [6, 6.07) is 11.1. The summed E-state index contributed by atoms with van der Waals surface area (Å²) in [5.74, 6) is 0. The molecule has 0 radical (unpaired) electrons. The van der Waals surface area contributed by atoms with Crippen LogP contribution in [0.5, 0.6) is 0 Å². The van der Waals surface area contributed by atoms with Crippen LogP contribution < -0.4 is 5.32 Å². The van der Waals surface area contributed by atoms with Gasteiger partial charge in [0.05, 0.1) is 25.3 Å². The van der Waals surface area contributed by atoms with E-state index in [2.05, 4.69) is 17.4 Å². The van der Waals surface area contributed by atoms with E-state index < -0.39 is 0 Å². The Balaban J connectivity index is 1.43. The Morgan fingerprint density at radius 3 is 3.00 bits per heavy atom. The predicted molar refractivity (Wildman–Crippen MR) is 60.3 cm³/mol. The number of hydrogen-bond donors (Lipinski definition) is 1. The van der Waals surface area contributed by atoms with Crippen LogP contribution >= 0.6 is 0 Å². The molecule has 3 aliphatic rings. The molecule has 3 saturated heterocycles. The van der Waals surface area contributed by atoms with Crippen molar-refractivity contribution >= 4 is 0 Å². The normalized spacial score (nSPS) is 42.2. The van der Waals surface area contributed by atoms with Gasteiger partial charge in [-0.15, -0.1) is 0 Å². The Bertz CT molecular complexity index is 410. The van der Waals surface area contributed by atoms with Crippen LogP contribution in [0, 0.1) is 0 Å². The average Bonchev–Trinajstić information content (AvgIpc) is 3.05. The number of nitrogens with one attached hydrogen (secondary N) is 1. The summed E-state index contributed by atoms with van der Waals surface area (Å²) in [6.07, 6.45) is 0.0838. The molecule has 0 aromatic heterocycles. The fraction of sp³-hybridized carbons (Fsp3) is 0.538. The maximum absolute atomic E-state index is 5.94. The average molecular weight is 233 g/mol. The van der Waals surface area contributed by atoms with Crippen LogP contribution in [0.15, 0.2) is 30.3 Å². The third-order valence-corrected chi connectivity index (χ3v) is 3.70. The third kappa shape index (κ3) is 1.68. The van der Waals surface area contributed by atoms with Gasteiger partial charge >= 0.3 is 0 Å². The smallest absolute Gasteiger partial charge is 0.185 e. The van der Waals surface area contributed by atoms with E-state index in [0.29, 0.717) is 25.3 Å². The number of fused-ring (bicyclic) bond motifs is 4. The van der Waals surface area contributed by atoms with Crippen molar-refractivity contribution in [2.75, 3.05) is 6.61 Å². The predicted octanol–water partition coefficient (Wildman–Crippen LogP) is 0.667. The van der Waals surface area contributed by atoms with Gasteiger partial charge < -0.3 is 19.5 Å². The van der Waals surface area contributed by atoms with Crippen LogP contribution in [0.1, 0.15) is 5.56 Å². The molecular formula is C13H15NO3. The quantitative estimate of drug-likeness (QED) is 0.779. The fourth-order valence-corrected chi connectivity index (χ4v) is 2.72. The second-order valence-electron chi connectivity index (χ2n) is 4.86. The highest BCUT2D eigenvalue weighted by molar-refractivity contribution is 5.16. The minimum atomic E-state index is -0.181. The highest BCUT2D eigenvalue weighted by Crippen LogP contribution is 2.37. The van der Waals surface area contributed by atoms with Crippen LogP contribution in [0.2, 0.25) is 0 Å². The molecule has 3 fully saturated rings. The first-order valence-corrected chi connectivity index (χ1v) is 6.10. The molecule has 4 rings (SSSR count). The van der Waals surface area contributed by atoms with Gasteiger partial charge in [0, 0.05) is 0 Å². The topological polar surface area (TPSA) is 49.6 Å². The van der Waals surface area contributed by atoms with Gasteiger partial charge in [-0.1, -0.05) is 30.3 Å². The van der Waals surface area contributed by atoms with Crippen molar-refractivity contribution in [3.63, 3.8) is 0 Å². The molecular weight excluding hydrogens is 218 g/mol. The van der Waals surface area contributed by atoms with Crippen LogP contribution in [-0.4, -0.2) is 37.2 Å². The van der Waals surface area contributed by atoms with E-state index in [9.17, 15) is 0 Å². The summed E-state index contributed by atoms with van der Waals surface area (Å²) in [4.78, 5) is 0. The van der Waals surface area contributed by atoms with Crippen molar-refractivity contribution in [1.29, 1.82) is 0 Å². The molecule has 1 aromatic rings. The zero-order chi connectivity index (χ0) is 11.2. The molecule has 3 heterocycles. The summed E-state index contributed by atoms with van der Waals surface area (Å²) in [7, 11) is 0. The monoisotopic (exact) mass is 233 g/mol. The second kappa shape index (κ2) is 3.78. The van der Waals surface area contributed by atoms with Crippen LogP contribution in [0.4, 0.5) is 0 Å². The summed E-state index contributed by atoms with van der Waals surface area (Å²) in [5, 5.41) is 3.42. The van der Waals surface area contributed by atoms with Crippen molar-refractivity contribution in [2.24, 2.45) is 0 Å². The van der Waals surface area contributed by atoms with E-state index in [1.165, 1.54) is 5.56 Å². The van der Waals surface area contributed by atoms with Crippen molar-refractivity contribution in [3.05, 3.63) is 35.9 Å². The zero-order valence-corrected chi connectivity index (χ0v) is 9.41. The lowest BCUT2D eigenvalue weighted by Gasteiger charge is -2.25. The van der Waals surface area contributed by atoms with Crippen LogP contribution in [-0.2, 0) is 20.8 Å². The number of benzene rings is 1. The second-order valence-corrected chi connectivity index (χ2v) is 4.86. The van der Waals surface area contributed by atoms with Crippen molar-refractivity contribution < 1.29 is 14.2 Å². The molecule has 5 atom stereocenters. The molecule has 0 spiro atoms. The van der Waals surface area contributed by atoms with Crippen molar-refractivity contribution in [3.8, 4) is 0 Å². The van der Waals surface area contributed by atoms with Gasteiger partial charge in [-0.25, -0.2) is 0 Å². The van der Waals surface area contributed by atoms with E-state index in [1.807, 2.05) is 18.2 Å². The van der Waals surface area contributed by atoms with Crippen LogP contribution in [0.25, 0.3) is 0 Å². The Labute approximate surface area is 99.9 Å². The fourth-order valence-electron chi connectivity index (χ4n) is 2.72. The lowest BCUT2D eigenvalue weighted by molar-refractivity contribution is -0.167. The molecule has 0 saturated carbocycles. The minimum absolute atomic E-state index is 0.0268. The first-order chi connectivity index (χ1) is 8.42. The van der Waals surface area contributed by atoms with Gasteiger partial charge in [0.2, 0.25) is 0 Å². The molecule has 0 unspecified atom stereocenters. The van der Waals surface area contributed by atoms with E-state index >= 15 is 0 Å². The molecule has 90 valence electrons. The van der Waals surface area contributed by atoms with Crippen molar-refractivity contribution in [2.45, 2.75) is 37.2 Å². The van der Waals surface area contributed by atoms with Gasteiger partial charge in [-0.3, -0.25) is 0 Å². The Morgan fingerprint density at radius 1 is 1.24 bits per heavy atom. The lowest BCUT2D eigenvalue weighted by atomic mass is 10.1. The number of hydrogen-bond acceptors (Lipinski definition) is 4. The standard InChI is InChI=1S/C13H15NO3/c1-2-4-8(5-3-1)6-15-12-11-10(14-11)9-7-16-13(12)17-9/h1-5,9-14H,6-7H2/t9-,10+,11+,12+,13-/m1/s1. The maximum atomic E-state index is 5.94. The van der Waals surface area contributed by atoms with E-state index in [1.54, 1.807) is 0 Å². The van der Waals surface area contributed by atoms with E-state index in [0.717, 1.165) is 0 Å². The van der Waals surface area contributed by atoms with Gasteiger partial charge in [-0.2, -0.15) is 0 Å². The molecule has 0 aliphatic carbocycles. The largest absolute Gasteiger partial charge is 0.367 e. The summed E-state index contributed by atoms with van der Waals surface area (Å²) < 4.78 is 17.3.